The van der Waals surface area contributed by atoms with Crippen LogP contribution in [0.1, 0.15) is 18.5 Å². The second-order valence-corrected chi connectivity index (χ2v) is 4.10. The fraction of sp³-hybridized carbons (Fsp3) is 0.636. The van der Waals surface area contributed by atoms with Gasteiger partial charge in [-0.15, -0.1) is 0 Å². The van der Waals surface area contributed by atoms with Crippen molar-refractivity contribution in [1.82, 2.24) is 10.2 Å². The average molecular weight is 212 g/mol. The van der Waals surface area contributed by atoms with Crippen LogP contribution in [-0.4, -0.2) is 43.3 Å². The Hall–Kier alpha value is -0.840. The summed E-state index contributed by atoms with van der Waals surface area (Å²) >= 11 is 0. The van der Waals surface area contributed by atoms with Gasteiger partial charge in [0.05, 0.1) is 18.6 Å². The number of hydrogen-bond acceptors (Lipinski definition) is 4. The normalized spacial score (nSPS) is 15.5. The van der Waals surface area contributed by atoms with E-state index in [0.29, 0.717) is 13.1 Å². The van der Waals surface area contributed by atoms with Crippen molar-refractivity contribution in [2.24, 2.45) is 0 Å². The molecule has 1 aromatic rings. The van der Waals surface area contributed by atoms with Crippen molar-refractivity contribution in [1.29, 1.82) is 0 Å². The van der Waals surface area contributed by atoms with E-state index >= 15 is 0 Å². The summed E-state index contributed by atoms with van der Waals surface area (Å²) in [6.07, 6.45) is 3.04. The van der Waals surface area contributed by atoms with Gasteiger partial charge in [0, 0.05) is 24.7 Å². The Balaban J connectivity index is 2.25. The molecule has 2 unspecified atom stereocenters. The van der Waals surface area contributed by atoms with Crippen LogP contribution in [0, 0.1) is 0 Å². The third-order valence-electron chi connectivity index (χ3n) is 2.28. The van der Waals surface area contributed by atoms with Crippen molar-refractivity contribution >= 4 is 0 Å². The average Bonchev–Trinajstić information content (AvgIpc) is 2.65. The van der Waals surface area contributed by atoms with E-state index in [0.717, 1.165) is 5.56 Å². The molecule has 0 aliphatic heterocycles. The Morgan fingerprint density at radius 2 is 2.27 bits per heavy atom. The minimum absolute atomic E-state index is 0.209. The first-order valence-electron chi connectivity index (χ1n) is 5.18. The molecule has 15 heavy (non-hydrogen) atoms. The Labute approximate surface area is 90.9 Å². The van der Waals surface area contributed by atoms with E-state index < -0.39 is 0 Å². The number of hydrogen-bond donors (Lipinski definition) is 2. The molecule has 4 nitrogen and oxygen atoms in total. The molecule has 0 fully saturated rings. The first kappa shape index (κ1) is 12.2. The van der Waals surface area contributed by atoms with E-state index in [-0.39, 0.29) is 12.1 Å². The smallest absolute Gasteiger partial charge is 0.0950 e. The number of nitrogens with zero attached hydrogens (tertiary/aromatic N) is 1. The van der Waals surface area contributed by atoms with E-state index in [2.05, 4.69) is 5.32 Å². The second-order valence-electron chi connectivity index (χ2n) is 4.10. The van der Waals surface area contributed by atoms with Crippen molar-refractivity contribution < 1.29 is 9.52 Å². The topological polar surface area (TPSA) is 48.6 Å². The Morgan fingerprint density at radius 3 is 2.80 bits per heavy atom. The summed E-state index contributed by atoms with van der Waals surface area (Å²) in [4.78, 5) is 1.97. The molecule has 0 spiro atoms. The van der Waals surface area contributed by atoms with Crippen LogP contribution in [0.3, 0.4) is 0 Å². The van der Waals surface area contributed by atoms with Gasteiger partial charge in [-0.2, -0.15) is 0 Å². The number of furan rings is 1. The SMILES string of the molecule is CC(NCC(O)CN(C)C)c1ccoc1. The van der Waals surface area contributed by atoms with Crippen molar-refractivity contribution in [3.05, 3.63) is 24.2 Å². The summed E-state index contributed by atoms with van der Waals surface area (Å²) in [5.41, 5.74) is 1.10. The van der Waals surface area contributed by atoms with Crippen molar-refractivity contribution in [3.63, 3.8) is 0 Å². The molecule has 1 rings (SSSR count). The van der Waals surface area contributed by atoms with Gasteiger partial charge in [-0.05, 0) is 27.1 Å². The molecule has 1 aromatic heterocycles. The van der Waals surface area contributed by atoms with Gasteiger partial charge >= 0.3 is 0 Å². The Morgan fingerprint density at radius 1 is 1.53 bits per heavy atom. The molecular formula is C11H20N2O2. The standard InChI is InChI=1S/C11H20N2O2/c1-9(10-4-5-15-8-10)12-6-11(14)7-13(2)3/h4-5,8-9,11-12,14H,6-7H2,1-3H3. The monoisotopic (exact) mass is 212 g/mol. The van der Waals surface area contributed by atoms with Gasteiger partial charge in [0.1, 0.15) is 0 Å². The lowest BCUT2D eigenvalue weighted by Crippen LogP contribution is -2.35. The molecule has 2 N–H and O–H groups in total. The lowest BCUT2D eigenvalue weighted by molar-refractivity contribution is 0.132. The molecule has 0 bridgehead atoms. The van der Waals surface area contributed by atoms with Crippen molar-refractivity contribution in [2.75, 3.05) is 27.2 Å². The van der Waals surface area contributed by atoms with Crippen LogP contribution in [0.15, 0.2) is 23.0 Å². The van der Waals surface area contributed by atoms with Crippen molar-refractivity contribution in [3.8, 4) is 0 Å². The van der Waals surface area contributed by atoms with Crippen LogP contribution in [0.4, 0.5) is 0 Å². The third kappa shape index (κ3) is 4.46. The fourth-order valence-electron chi connectivity index (χ4n) is 1.44. The number of aliphatic hydroxyl groups excluding tert-OH is 1. The lowest BCUT2D eigenvalue weighted by Gasteiger charge is -2.19. The van der Waals surface area contributed by atoms with Gasteiger partial charge in [-0.25, -0.2) is 0 Å². The quantitative estimate of drug-likeness (QED) is 0.734. The summed E-state index contributed by atoms with van der Waals surface area (Å²) in [6, 6.07) is 2.14. The number of nitrogens with one attached hydrogen (secondary N) is 1. The second kappa shape index (κ2) is 5.90. The number of rotatable bonds is 6. The molecule has 0 saturated carbocycles. The van der Waals surface area contributed by atoms with Crippen LogP contribution < -0.4 is 5.32 Å². The largest absolute Gasteiger partial charge is 0.472 e. The molecule has 0 aliphatic rings. The number of likely N-dealkylation sites (N-methyl/N-ethyl adjacent to an activating group) is 1. The summed E-state index contributed by atoms with van der Waals surface area (Å²) in [5, 5.41) is 12.9. The minimum Gasteiger partial charge on any atom is -0.472 e. The van der Waals surface area contributed by atoms with Crippen LogP contribution in [0.5, 0.6) is 0 Å². The van der Waals surface area contributed by atoms with E-state index in [1.54, 1.807) is 12.5 Å². The Kier molecular flexibility index (Phi) is 4.81. The van der Waals surface area contributed by atoms with Gasteiger partial charge in [-0.1, -0.05) is 0 Å². The first-order chi connectivity index (χ1) is 7.09. The maximum absolute atomic E-state index is 9.64. The van der Waals surface area contributed by atoms with Gasteiger partial charge in [0.25, 0.3) is 0 Å². The number of aliphatic hydroxyl groups is 1. The highest BCUT2D eigenvalue weighted by Crippen LogP contribution is 2.11. The van der Waals surface area contributed by atoms with Gasteiger partial charge in [0.15, 0.2) is 0 Å². The summed E-state index contributed by atoms with van der Waals surface area (Å²) < 4.78 is 5.00. The van der Waals surface area contributed by atoms with Crippen LogP contribution in [0.25, 0.3) is 0 Å². The molecule has 2 atom stereocenters. The van der Waals surface area contributed by atoms with E-state index in [4.69, 9.17) is 4.42 Å². The molecule has 0 aliphatic carbocycles. The predicted octanol–water partition coefficient (Wildman–Crippen LogP) is 0.853. The molecule has 0 aromatic carbocycles. The predicted molar refractivity (Wildman–Crippen MR) is 59.7 cm³/mol. The van der Waals surface area contributed by atoms with Crippen molar-refractivity contribution in [2.45, 2.75) is 19.1 Å². The Bertz CT molecular complexity index is 260. The summed E-state index contributed by atoms with van der Waals surface area (Å²) in [7, 11) is 3.89. The maximum Gasteiger partial charge on any atom is 0.0950 e. The zero-order valence-electron chi connectivity index (χ0n) is 9.60. The highest BCUT2D eigenvalue weighted by molar-refractivity contribution is 5.10. The fourth-order valence-corrected chi connectivity index (χ4v) is 1.44. The van der Waals surface area contributed by atoms with E-state index in [9.17, 15) is 5.11 Å². The summed E-state index contributed by atoms with van der Waals surface area (Å²) in [6.45, 7) is 3.31. The van der Waals surface area contributed by atoms with E-state index in [1.165, 1.54) is 0 Å². The highest BCUT2D eigenvalue weighted by Gasteiger charge is 2.09. The molecule has 0 saturated heterocycles. The molecule has 1 heterocycles. The molecule has 0 amide bonds. The van der Waals surface area contributed by atoms with Gasteiger partial charge in [-0.3, -0.25) is 0 Å². The van der Waals surface area contributed by atoms with Crippen LogP contribution >= 0.6 is 0 Å². The molecular weight excluding hydrogens is 192 g/mol. The van der Waals surface area contributed by atoms with Crippen LogP contribution in [0.2, 0.25) is 0 Å². The zero-order chi connectivity index (χ0) is 11.3. The maximum atomic E-state index is 9.64. The third-order valence-corrected chi connectivity index (χ3v) is 2.28. The first-order valence-corrected chi connectivity index (χ1v) is 5.18. The zero-order valence-corrected chi connectivity index (χ0v) is 9.60. The molecule has 4 heteroatoms. The van der Waals surface area contributed by atoms with E-state index in [1.807, 2.05) is 32.0 Å². The van der Waals surface area contributed by atoms with Gasteiger partial charge < -0.3 is 19.7 Å². The molecule has 86 valence electrons. The van der Waals surface area contributed by atoms with Crippen LogP contribution in [-0.2, 0) is 0 Å². The summed E-state index contributed by atoms with van der Waals surface area (Å²) in [5.74, 6) is 0. The lowest BCUT2D eigenvalue weighted by atomic mass is 10.2. The van der Waals surface area contributed by atoms with Gasteiger partial charge in [0.2, 0.25) is 0 Å². The molecule has 0 radical (unpaired) electrons. The minimum atomic E-state index is -0.339. The highest BCUT2D eigenvalue weighted by atomic mass is 16.3.